The summed E-state index contributed by atoms with van der Waals surface area (Å²) in [6, 6.07) is 0. The van der Waals surface area contributed by atoms with Gasteiger partial charge in [0.2, 0.25) is 0 Å². The molecule has 2 N–H and O–H groups in total. The van der Waals surface area contributed by atoms with Crippen LogP contribution in [0.4, 0.5) is 0 Å². The molecular formula is C9H9N5O4. The van der Waals surface area contributed by atoms with Crippen LogP contribution in [0.15, 0.2) is 11.0 Å². The van der Waals surface area contributed by atoms with Gasteiger partial charge in [0.25, 0.3) is 0 Å². The standard InChI is InChI=1S/C9H9N5O4/c15-5-4-2-13-7-3(11-12-13)1-10-9(17)14(7)8(18-4)6(5)16/h1,4-6,8,15-16H,2H2/t4-,5-,6-,8-/m1/s1. The largest absolute Gasteiger partial charge is 0.387 e. The molecule has 0 spiro atoms. The Hall–Kier alpha value is -1.84. The van der Waals surface area contributed by atoms with E-state index in [9.17, 15) is 15.0 Å². The summed E-state index contributed by atoms with van der Waals surface area (Å²) in [5.74, 6) is 0. The maximum Gasteiger partial charge on any atom is 0.351 e. The summed E-state index contributed by atoms with van der Waals surface area (Å²) in [4.78, 5) is 15.5. The van der Waals surface area contributed by atoms with Crippen LogP contribution in [0.2, 0.25) is 0 Å². The van der Waals surface area contributed by atoms with E-state index in [1.807, 2.05) is 0 Å². The lowest BCUT2D eigenvalue weighted by molar-refractivity contribution is -0.0357. The van der Waals surface area contributed by atoms with E-state index >= 15 is 0 Å². The van der Waals surface area contributed by atoms with Crippen molar-refractivity contribution in [2.75, 3.05) is 0 Å². The Morgan fingerprint density at radius 1 is 1.39 bits per heavy atom. The van der Waals surface area contributed by atoms with E-state index < -0.39 is 30.2 Å². The highest BCUT2D eigenvalue weighted by atomic mass is 16.6. The second kappa shape index (κ2) is 3.13. The van der Waals surface area contributed by atoms with E-state index in [0.29, 0.717) is 11.2 Å². The molecule has 18 heavy (non-hydrogen) atoms. The van der Waals surface area contributed by atoms with Crippen LogP contribution in [-0.4, -0.2) is 53.1 Å². The number of rotatable bonds is 0. The Kier molecular flexibility index (Phi) is 1.76. The summed E-state index contributed by atoms with van der Waals surface area (Å²) in [5, 5.41) is 27.5. The van der Waals surface area contributed by atoms with Crippen LogP contribution in [0.1, 0.15) is 6.23 Å². The van der Waals surface area contributed by atoms with Crippen LogP contribution < -0.4 is 5.69 Å². The van der Waals surface area contributed by atoms with Gasteiger partial charge in [-0.05, 0) is 0 Å². The van der Waals surface area contributed by atoms with Crippen LogP contribution >= 0.6 is 0 Å². The molecule has 2 aliphatic rings. The smallest absolute Gasteiger partial charge is 0.351 e. The van der Waals surface area contributed by atoms with Crippen molar-refractivity contribution >= 4 is 11.2 Å². The van der Waals surface area contributed by atoms with Gasteiger partial charge in [-0.2, -0.15) is 4.98 Å². The van der Waals surface area contributed by atoms with E-state index in [1.165, 1.54) is 15.4 Å². The molecule has 0 unspecified atom stereocenters. The monoisotopic (exact) mass is 251 g/mol. The average Bonchev–Trinajstić information content (AvgIpc) is 2.80. The molecule has 0 radical (unpaired) electrons. The molecule has 0 saturated carbocycles. The molecule has 9 nitrogen and oxygen atoms in total. The first-order chi connectivity index (χ1) is 8.66. The number of aliphatic hydroxyl groups excluding tert-OH is 2. The topological polar surface area (TPSA) is 115 Å². The highest BCUT2D eigenvalue weighted by Crippen LogP contribution is 2.33. The zero-order valence-corrected chi connectivity index (χ0v) is 9.04. The molecule has 4 atom stereocenters. The van der Waals surface area contributed by atoms with Gasteiger partial charge in [0.15, 0.2) is 11.9 Å². The maximum atomic E-state index is 11.9. The number of ether oxygens (including phenoxy) is 1. The molecule has 4 rings (SSSR count). The normalized spacial score (nSPS) is 33.9. The molecule has 2 aliphatic heterocycles. The first kappa shape index (κ1) is 10.1. The van der Waals surface area contributed by atoms with Crippen molar-refractivity contribution < 1.29 is 14.9 Å². The van der Waals surface area contributed by atoms with Gasteiger partial charge in [-0.15, -0.1) is 5.10 Å². The van der Waals surface area contributed by atoms with Crippen LogP contribution in [0.5, 0.6) is 0 Å². The lowest BCUT2D eigenvalue weighted by Crippen LogP contribution is -2.39. The third kappa shape index (κ3) is 1.06. The number of hydrogen-bond donors (Lipinski definition) is 2. The van der Waals surface area contributed by atoms with Gasteiger partial charge in [0.1, 0.15) is 23.8 Å². The maximum absolute atomic E-state index is 11.9. The van der Waals surface area contributed by atoms with Gasteiger partial charge >= 0.3 is 5.69 Å². The highest BCUT2D eigenvalue weighted by Gasteiger charge is 2.47. The van der Waals surface area contributed by atoms with Crippen molar-refractivity contribution in [3.8, 4) is 0 Å². The van der Waals surface area contributed by atoms with Crippen LogP contribution in [0, 0.1) is 0 Å². The summed E-state index contributed by atoms with van der Waals surface area (Å²) in [6.07, 6.45) is -2.46. The third-order valence-electron chi connectivity index (χ3n) is 3.41. The second-order valence-corrected chi connectivity index (χ2v) is 4.44. The zero-order valence-electron chi connectivity index (χ0n) is 9.04. The average molecular weight is 251 g/mol. The summed E-state index contributed by atoms with van der Waals surface area (Å²) >= 11 is 0. The predicted molar refractivity (Wildman–Crippen MR) is 55.5 cm³/mol. The lowest BCUT2D eigenvalue weighted by atomic mass is 10.1. The fraction of sp³-hybridized carbons (Fsp3) is 0.556. The van der Waals surface area contributed by atoms with Crippen LogP contribution in [0.25, 0.3) is 11.2 Å². The number of aromatic nitrogens is 5. The molecule has 2 aromatic rings. The molecule has 0 amide bonds. The number of nitrogens with zero attached hydrogens (tertiary/aromatic N) is 5. The SMILES string of the molecule is O=c1ncc2nnn3c2n1[C@@H]1O[C@H](C3)[C@@H](O)[C@H]1O. The fourth-order valence-electron chi connectivity index (χ4n) is 2.54. The zero-order chi connectivity index (χ0) is 12.4. The number of fused-ring (bicyclic) bond motifs is 3. The molecule has 2 aromatic heterocycles. The van der Waals surface area contributed by atoms with Crippen LogP contribution in [0.3, 0.4) is 0 Å². The minimum absolute atomic E-state index is 0.231. The summed E-state index contributed by atoms with van der Waals surface area (Å²) < 4.78 is 8.17. The molecule has 4 heterocycles. The first-order valence-electron chi connectivity index (χ1n) is 5.49. The van der Waals surface area contributed by atoms with E-state index in [-0.39, 0.29) is 6.54 Å². The highest BCUT2D eigenvalue weighted by molar-refractivity contribution is 5.69. The molecule has 94 valence electrons. The van der Waals surface area contributed by atoms with Gasteiger partial charge in [0, 0.05) is 0 Å². The van der Waals surface area contributed by atoms with E-state index in [0.717, 1.165) is 0 Å². The van der Waals surface area contributed by atoms with Gasteiger partial charge < -0.3 is 14.9 Å². The Morgan fingerprint density at radius 3 is 3.06 bits per heavy atom. The van der Waals surface area contributed by atoms with E-state index in [4.69, 9.17) is 4.74 Å². The molecule has 9 heteroatoms. The van der Waals surface area contributed by atoms with E-state index in [1.54, 1.807) is 0 Å². The Morgan fingerprint density at radius 2 is 2.22 bits per heavy atom. The number of aliphatic hydroxyl groups is 2. The molecule has 0 aromatic carbocycles. The lowest BCUT2D eigenvalue weighted by Gasteiger charge is -2.18. The minimum atomic E-state index is -1.16. The minimum Gasteiger partial charge on any atom is -0.387 e. The van der Waals surface area contributed by atoms with Gasteiger partial charge in [-0.3, -0.25) is 0 Å². The summed E-state index contributed by atoms with van der Waals surface area (Å²) in [6.45, 7) is 0.231. The molecule has 1 saturated heterocycles. The predicted octanol–water partition coefficient (Wildman–Crippen LogP) is -2.38. The summed E-state index contributed by atoms with van der Waals surface area (Å²) in [5.41, 5.74) is 0.339. The van der Waals surface area contributed by atoms with Crippen molar-refractivity contribution in [3.63, 3.8) is 0 Å². The molecule has 1 fully saturated rings. The summed E-state index contributed by atoms with van der Waals surface area (Å²) in [7, 11) is 0. The first-order valence-corrected chi connectivity index (χ1v) is 5.49. The quantitative estimate of drug-likeness (QED) is 0.537. The fourth-order valence-corrected chi connectivity index (χ4v) is 2.54. The molecule has 0 aliphatic carbocycles. The Balaban J connectivity index is 2.10. The van der Waals surface area contributed by atoms with Crippen molar-refractivity contribution in [2.24, 2.45) is 0 Å². The van der Waals surface area contributed by atoms with Gasteiger partial charge in [-0.25, -0.2) is 14.0 Å². The van der Waals surface area contributed by atoms with Crippen molar-refractivity contribution in [3.05, 3.63) is 16.7 Å². The van der Waals surface area contributed by atoms with Crippen molar-refractivity contribution in [1.82, 2.24) is 24.5 Å². The van der Waals surface area contributed by atoms with Gasteiger partial charge in [0.05, 0.1) is 12.7 Å². The van der Waals surface area contributed by atoms with Gasteiger partial charge in [-0.1, -0.05) is 5.21 Å². The Bertz CT molecular complexity index is 694. The van der Waals surface area contributed by atoms with E-state index in [2.05, 4.69) is 15.3 Å². The molecular weight excluding hydrogens is 242 g/mol. The number of hydrogen-bond acceptors (Lipinski definition) is 7. The molecule has 2 bridgehead atoms. The van der Waals surface area contributed by atoms with Crippen molar-refractivity contribution in [1.29, 1.82) is 0 Å². The second-order valence-electron chi connectivity index (χ2n) is 4.44. The van der Waals surface area contributed by atoms with Crippen LogP contribution in [-0.2, 0) is 11.3 Å². The third-order valence-corrected chi connectivity index (χ3v) is 3.41. The Labute approximate surface area is 99.2 Å². The van der Waals surface area contributed by atoms with Crippen molar-refractivity contribution in [2.45, 2.75) is 31.1 Å².